The Morgan fingerprint density at radius 2 is 2.00 bits per heavy atom. The van der Waals surface area contributed by atoms with Crippen LogP contribution in [-0.2, 0) is 6.42 Å². The second-order valence-electron chi connectivity index (χ2n) is 6.37. The van der Waals surface area contributed by atoms with E-state index in [9.17, 15) is 9.90 Å². The smallest absolute Gasteiger partial charge is 0.317 e. The van der Waals surface area contributed by atoms with Crippen LogP contribution in [0.1, 0.15) is 28.7 Å². The van der Waals surface area contributed by atoms with Crippen LogP contribution in [0, 0.1) is 0 Å². The summed E-state index contributed by atoms with van der Waals surface area (Å²) in [7, 11) is 3.31. The Morgan fingerprint density at radius 3 is 2.64 bits per heavy atom. The Kier molecular flexibility index (Phi) is 5.24. The van der Waals surface area contributed by atoms with Crippen LogP contribution in [0.25, 0.3) is 0 Å². The first-order chi connectivity index (χ1) is 12.1. The average Bonchev–Trinajstić information content (AvgIpc) is 2.63. The van der Waals surface area contributed by atoms with Gasteiger partial charge in [-0.05, 0) is 35.2 Å². The molecule has 1 aliphatic carbocycles. The summed E-state index contributed by atoms with van der Waals surface area (Å²) >= 11 is 0. The lowest BCUT2D eigenvalue weighted by Gasteiger charge is -2.32. The number of rotatable bonds is 6. The number of methoxy groups -OCH3 is 1. The molecule has 0 aliphatic heterocycles. The van der Waals surface area contributed by atoms with Crippen LogP contribution in [0.4, 0.5) is 4.79 Å². The van der Waals surface area contributed by atoms with Gasteiger partial charge in [-0.15, -0.1) is 0 Å². The summed E-state index contributed by atoms with van der Waals surface area (Å²) in [6.07, 6.45) is 1.00. The van der Waals surface area contributed by atoms with Gasteiger partial charge in [-0.25, -0.2) is 4.79 Å². The first-order valence-corrected chi connectivity index (χ1v) is 8.47. The van der Waals surface area contributed by atoms with Gasteiger partial charge in [-0.3, -0.25) is 0 Å². The number of carbonyl (C=O) groups excluding carboxylic acids is 1. The molecule has 0 saturated carbocycles. The molecule has 2 N–H and O–H groups in total. The van der Waals surface area contributed by atoms with Crippen LogP contribution in [0.15, 0.2) is 48.5 Å². The highest BCUT2D eigenvalue weighted by molar-refractivity contribution is 5.74. The second kappa shape index (κ2) is 7.57. The summed E-state index contributed by atoms with van der Waals surface area (Å²) in [5.41, 5.74) is 3.55. The first-order valence-electron chi connectivity index (χ1n) is 8.47. The molecule has 0 saturated heterocycles. The fourth-order valence-electron chi connectivity index (χ4n) is 3.30. The van der Waals surface area contributed by atoms with Crippen molar-refractivity contribution in [1.82, 2.24) is 10.2 Å². The second-order valence-corrected chi connectivity index (χ2v) is 6.37. The van der Waals surface area contributed by atoms with Crippen molar-refractivity contribution in [3.63, 3.8) is 0 Å². The maximum Gasteiger partial charge on any atom is 0.317 e. The number of benzene rings is 2. The van der Waals surface area contributed by atoms with E-state index in [1.54, 1.807) is 19.1 Å². The van der Waals surface area contributed by atoms with E-state index in [0.29, 0.717) is 12.5 Å². The van der Waals surface area contributed by atoms with Gasteiger partial charge in [0.15, 0.2) is 0 Å². The Balaban J connectivity index is 1.58. The molecule has 0 spiro atoms. The molecule has 25 heavy (non-hydrogen) atoms. The van der Waals surface area contributed by atoms with Gasteiger partial charge in [-0.2, -0.15) is 0 Å². The van der Waals surface area contributed by atoms with Crippen molar-refractivity contribution in [2.24, 2.45) is 0 Å². The van der Waals surface area contributed by atoms with E-state index in [2.05, 4.69) is 17.4 Å². The number of aliphatic hydroxyl groups excluding tert-OH is 1. The van der Waals surface area contributed by atoms with Crippen molar-refractivity contribution in [2.45, 2.75) is 18.4 Å². The van der Waals surface area contributed by atoms with Crippen LogP contribution < -0.4 is 10.1 Å². The summed E-state index contributed by atoms with van der Waals surface area (Å²) in [5.74, 6) is 1.12. The highest BCUT2D eigenvalue weighted by Crippen LogP contribution is 2.34. The lowest BCUT2D eigenvalue weighted by atomic mass is 9.78. The number of hydrogen-bond acceptors (Lipinski definition) is 3. The summed E-state index contributed by atoms with van der Waals surface area (Å²) in [6.45, 7) is 0.476. The average molecular weight is 340 g/mol. The molecule has 0 heterocycles. The van der Waals surface area contributed by atoms with Gasteiger partial charge in [0.25, 0.3) is 0 Å². The van der Waals surface area contributed by atoms with Gasteiger partial charge in [0.1, 0.15) is 5.75 Å². The minimum absolute atomic E-state index is 0.136. The Labute approximate surface area is 148 Å². The number of ether oxygens (including phenoxy) is 1. The molecular weight excluding hydrogens is 316 g/mol. The number of urea groups is 1. The van der Waals surface area contributed by atoms with Crippen LogP contribution >= 0.6 is 0 Å². The Morgan fingerprint density at radius 1 is 1.28 bits per heavy atom. The van der Waals surface area contributed by atoms with Crippen LogP contribution in [0.5, 0.6) is 5.75 Å². The largest absolute Gasteiger partial charge is 0.497 e. The number of fused-ring (bicyclic) bond motifs is 1. The van der Waals surface area contributed by atoms with Crippen molar-refractivity contribution < 1.29 is 14.6 Å². The zero-order chi connectivity index (χ0) is 17.8. The zero-order valence-electron chi connectivity index (χ0n) is 14.6. The summed E-state index contributed by atoms with van der Waals surface area (Å²) in [5, 5.41) is 12.7. The number of likely N-dealkylation sites (N-methyl/N-ethyl adjacent to an activating group) is 1. The molecule has 0 radical (unpaired) electrons. The molecule has 2 aromatic rings. The maximum atomic E-state index is 12.5. The molecule has 132 valence electrons. The fourth-order valence-corrected chi connectivity index (χ4v) is 3.30. The van der Waals surface area contributed by atoms with Crippen molar-refractivity contribution >= 4 is 6.03 Å². The van der Waals surface area contributed by atoms with E-state index in [1.165, 1.54) is 11.1 Å². The predicted octanol–water partition coefficient (Wildman–Crippen LogP) is 2.71. The molecule has 0 fully saturated rings. The minimum Gasteiger partial charge on any atom is -0.497 e. The number of carbonyl (C=O) groups is 1. The monoisotopic (exact) mass is 340 g/mol. The predicted molar refractivity (Wildman–Crippen MR) is 96.9 cm³/mol. The van der Waals surface area contributed by atoms with Gasteiger partial charge in [0.2, 0.25) is 0 Å². The van der Waals surface area contributed by atoms with Gasteiger partial charge >= 0.3 is 6.03 Å². The topological polar surface area (TPSA) is 61.8 Å². The summed E-state index contributed by atoms with van der Waals surface area (Å²) in [6, 6.07) is 15.1. The standard InChI is InChI=1S/C20H24N2O3/c1-22(19(13-23)14-7-9-17(25-2)10-8-14)20(24)21-12-16-11-15-5-3-4-6-18(15)16/h3-10,16,19,23H,11-13H2,1-2H3,(H,21,24). The number of nitrogens with one attached hydrogen (secondary N) is 1. The fraction of sp³-hybridized carbons (Fsp3) is 0.350. The lowest BCUT2D eigenvalue weighted by molar-refractivity contribution is 0.149. The van der Waals surface area contributed by atoms with Crippen molar-refractivity contribution in [1.29, 1.82) is 0 Å². The molecule has 0 bridgehead atoms. The highest BCUT2D eigenvalue weighted by Gasteiger charge is 2.27. The molecule has 5 nitrogen and oxygen atoms in total. The van der Waals surface area contributed by atoms with E-state index >= 15 is 0 Å². The summed E-state index contributed by atoms with van der Waals surface area (Å²) in [4.78, 5) is 14.0. The SMILES string of the molecule is COc1ccc(C(CO)N(C)C(=O)NCC2Cc3ccccc32)cc1. The molecule has 2 atom stereocenters. The molecule has 5 heteroatoms. The molecule has 2 aromatic carbocycles. The number of amides is 2. The minimum atomic E-state index is -0.389. The van der Waals surface area contributed by atoms with Crippen LogP contribution in [0.3, 0.4) is 0 Å². The normalized spacial score (nSPS) is 16.4. The zero-order valence-corrected chi connectivity index (χ0v) is 14.6. The molecule has 0 aromatic heterocycles. The highest BCUT2D eigenvalue weighted by atomic mass is 16.5. The number of hydrogen-bond donors (Lipinski definition) is 2. The third-order valence-electron chi connectivity index (χ3n) is 4.92. The third-order valence-corrected chi connectivity index (χ3v) is 4.92. The van der Waals surface area contributed by atoms with Crippen molar-refractivity contribution in [3.8, 4) is 5.75 Å². The third kappa shape index (κ3) is 3.61. The van der Waals surface area contributed by atoms with Crippen LogP contribution in [-0.4, -0.2) is 43.3 Å². The maximum absolute atomic E-state index is 12.5. The van der Waals surface area contributed by atoms with Crippen molar-refractivity contribution in [3.05, 3.63) is 65.2 Å². The number of nitrogens with zero attached hydrogens (tertiary/aromatic N) is 1. The molecular formula is C20H24N2O3. The first kappa shape index (κ1) is 17.3. The van der Waals surface area contributed by atoms with E-state index < -0.39 is 0 Å². The Hall–Kier alpha value is -2.53. The lowest BCUT2D eigenvalue weighted by Crippen LogP contribution is -2.43. The van der Waals surface area contributed by atoms with Gasteiger partial charge in [-0.1, -0.05) is 36.4 Å². The van der Waals surface area contributed by atoms with E-state index in [4.69, 9.17) is 4.74 Å². The molecule has 2 unspecified atom stereocenters. The number of aliphatic hydroxyl groups is 1. The molecule has 3 rings (SSSR count). The van der Waals surface area contributed by atoms with Crippen molar-refractivity contribution in [2.75, 3.05) is 27.3 Å². The quantitative estimate of drug-likeness (QED) is 0.850. The molecule has 1 aliphatic rings. The molecule has 2 amide bonds. The van der Waals surface area contributed by atoms with Crippen LogP contribution in [0.2, 0.25) is 0 Å². The van der Waals surface area contributed by atoms with Gasteiger partial charge in [0, 0.05) is 19.5 Å². The van der Waals surface area contributed by atoms with Gasteiger partial charge < -0.3 is 20.1 Å². The van der Waals surface area contributed by atoms with E-state index in [-0.39, 0.29) is 18.7 Å². The van der Waals surface area contributed by atoms with Gasteiger partial charge in [0.05, 0.1) is 19.8 Å². The van der Waals surface area contributed by atoms with E-state index in [1.807, 2.05) is 36.4 Å². The van der Waals surface area contributed by atoms with E-state index in [0.717, 1.165) is 17.7 Å². The summed E-state index contributed by atoms with van der Waals surface area (Å²) < 4.78 is 5.15. The Bertz CT molecular complexity index is 730.